The van der Waals surface area contributed by atoms with E-state index >= 15 is 0 Å². The molecule has 2 nitrogen and oxygen atoms in total. The number of rotatable bonds is 5. The zero-order chi connectivity index (χ0) is 8.91. The largest absolute Gasteiger partial charge is 0.396 e. The molecule has 2 heteroatoms. The minimum Gasteiger partial charge on any atom is -0.396 e. The molecule has 0 aliphatic carbocycles. The fourth-order valence-corrected chi connectivity index (χ4v) is 0.978. The fourth-order valence-electron chi connectivity index (χ4n) is 0.978. The number of hydrogen-bond acceptors (Lipinski definition) is 2. The van der Waals surface area contributed by atoms with Crippen LogP contribution in [-0.2, 0) is 0 Å². The minimum absolute atomic E-state index is 0.112. The van der Waals surface area contributed by atoms with Crippen molar-refractivity contribution < 1.29 is 10.2 Å². The van der Waals surface area contributed by atoms with Crippen molar-refractivity contribution in [2.75, 3.05) is 6.61 Å². The van der Waals surface area contributed by atoms with Crippen molar-refractivity contribution >= 4 is 0 Å². The van der Waals surface area contributed by atoms with Crippen LogP contribution in [-0.4, -0.2) is 22.9 Å². The van der Waals surface area contributed by atoms with Crippen molar-refractivity contribution in [2.24, 2.45) is 5.41 Å². The molecule has 66 valence electrons. The Hall–Kier alpha value is -0.340. The Labute approximate surface area is 68.6 Å². The molecule has 1 unspecified atom stereocenters. The summed E-state index contributed by atoms with van der Waals surface area (Å²) in [6.07, 6.45) is 2.55. The van der Waals surface area contributed by atoms with Crippen molar-refractivity contribution in [3.63, 3.8) is 0 Å². The van der Waals surface area contributed by atoms with Gasteiger partial charge in [-0.1, -0.05) is 19.9 Å². The highest BCUT2D eigenvalue weighted by Crippen LogP contribution is 2.22. The molecular weight excluding hydrogens is 140 g/mol. The van der Waals surface area contributed by atoms with Gasteiger partial charge in [0, 0.05) is 6.61 Å². The summed E-state index contributed by atoms with van der Waals surface area (Å²) in [5.74, 6) is 0. The smallest absolute Gasteiger partial charge is 0.0580 e. The predicted molar refractivity (Wildman–Crippen MR) is 46.3 cm³/mol. The zero-order valence-corrected chi connectivity index (χ0v) is 7.38. The highest BCUT2D eigenvalue weighted by Gasteiger charge is 2.20. The molecule has 0 radical (unpaired) electrons. The highest BCUT2D eigenvalue weighted by atomic mass is 16.3. The Morgan fingerprint density at radius 1 is 1.55 bits per heavy atom. The predicted octanol–water partition coefficient (Wildman–Crippen LogP) is 1.33. The summed E-state index contributed by atoms with van der Waals surface area (Å²) in [4.78, 5) is 0. The lowest BCUT2D eigenvalue weighted by Crippen LogP contribution is -2.23. The molecule has 0 rings (SSSR count). The molecule has 11 heavy (non-hydrogen) atoms. The molecule has 0 aromatic heterocycles. The first kappa shape index (κ1) is 10.7. The van der Waals surface area contributed by atoms with E-state index in [2.05, 4.69) is 6.58 Å². The van der Waals surface area contributed by atoms with Gasteiger partial charge in [0.1, 0.15) is 0 Å². The van der Waals surface area contributed by atoms with Gasteiger partial charge in [-0.15, -0.1) is 6.58 Å². The molecule has 0 fully saturated rings. The monoisotopic (exact) mass is 158 g/mol. The Bertz CT molecular complexity index is 119. The van der Waals surface area contributed by atoms with Crippen molar-refractivity contribution in [3.8, 4) is 0 Å². The Kier molecular flexibility index (Phi) is 4.38. The standard InChI is InChI=1S/C9H18O2/c1-4-5-8(11)6-9(2,3)7-10/h4,8,10-11H,1,5-7H2,2-3H3. The first-order chi connectivity index (χ1) is 5.02. The summed E-state index contributed by atoms with van der Waals surface area (Å²) in [5, 5.41) is 18.2. The molecule has 0 heterocycles. The van der Waals surface area contributed by atoms with Crippen LogP contribution in [0.1, 0.15) is 26.7 Å². The van der Waals surface area contributed by atoms with Gasteiger partial charge in [0.05, 0.1) is 6.10 Å². The topological polar surface area (TPSA) is 40.5 Å². The molecule has 0 saturated heterocycles. The third-order valence-corrected chi connectivity index (χ3v) is 1.65. The number of aliphatic hydroxyl groups excluding tert-OH is 2. The Balaban J connectivity index is 3.72. The van der Waals surface area contributed by atoms with Gasteiger partial charge in [0.25, 0.3) is 0 Å². The SMILES string of the molecule is C=CCC(O)CC(C)(C)CO. The third kappa shape index (κ3) is 4.99. The molecule has 0 bridgehead atoms. The van der Waals surface area contributed by atoms with E-state index in [4.69, 9.17) is 5.11 Å². The van der Waals surface area contributed by atoms with E-state index in [0.717, 1.165) is 0 Å². The second kappa shape index (κ2) is 4.52. The zero-order valence-electron chi connectivity index (χ0n) is 7.38. The minimum atomic E-state index is -0.366. The van der Waals surface area contributed by atoms with Crippen molar-refractivity contribution in [3.05, 3.63) is 12.7 Å². The van der Waals surface area contributed by atoms with E-state index in [1.54, 1.807) is 6.08 Å². The number of aliphatic hydroxyl groups is 2. The van der Waals surface area contributed by atoms with E-state index < -0.39 is 0 Å². The Morgan fingerprint density at radius 2 is 2.09 bits per heavy atom. The maximum absolute atomic E-state index is 9.33. The van der Waals surface area contributed by atoms with Crippen LogP contribution < -0.4 is 0 Å². The summed E-state index contributed by atoms with van der Waals surface area (Å²) in [6.45, 7) is 7.51. The second-order valence-electron chi connectivity index (χ2n) is 3.70. The van der Waals surface area contributed by atoms with Gasteiger partial charge < -0.3 is 10.2 Å². The number of hydrogen-bond donors (Lipinski definition) is 2. The first-order valence-corrected chi connectivity index (χ1v) is 3.91. The average Bonchev–Trinajstić information content (AvgIpc) is 1.87. The first-order valence-electron chi connectivity index (χ1n) is 3.91. The molecule has 0 spiro atoms. The molecule has 0 aliphatic heterocycles. The van der Waals surface area contributed by atoms with Crippen molar-refractivity contribution in [2.45, 2.75) is 32.8 Å². The quantitative estimate of drug-likeness (QED) is 0.593. The van der Waals surface area contributed by atoms with Crippen LogP contribution in [0, 0.1) is 5.41 Å². The van der Waals surface area contributed by atoms with Gasteiger partial charge in [0.15, 0.2) is 0 Å². The molecule has 2 N–H and O–H groups in total. The molecule has 1 atom stereocenters. The maximum atomic E-state index is 9.33. The van der Waals surface area contributed by atoms with E-state index in [1.165, 1.54) is 0 Å². The van der Waals surface area contributed by atoms with Crippen molar-refractivity contribution in [1.82, 2.24) is 0 Å². The van der Waals surface area contributed by atoms with Gasteiger partial charge in [-0.2, -0.15) is 0 Å². The third-order valence-electron chi connectivity index (χ3n) is 1.65. The van der Waals surface area contributed by atoms with E-state index in [1.807, 2.05) is 13.8 Å². The second-order valence-corrected chi connectivity index (χ2v) is 3.70. The molecule has 0 aliphatic rings. The summed E-state index contributed by atoms with van der Waals surface area (Å²) < 4.78 is 0. The van der Waals surface area contributed by atoms with Crippen LogP contribution in [0.15, 0.2) is 12.7 Å². The van der Waals surface area contributed by atoms with Crippen LogP contribution in [0.5, 0.6) is 0 Å². The van der Waals surface area contributed by atoms with Crippen LogP contribution >= 0.6 is 0 Å². The van der Waals surface area contributed by atoms with Crippen LogP contribution in [0.3, 0.4) is 0 Å². The highest BCUT2D eigenvalue weighted by molar-refractivity contribution is 4.78. The molecule has 0 aromatic carbocycles. The van der Waals surface area contributed by atoms with Crippen LogP contribution in [0.2, 0.25) is 0 Å². The molecule has 0 saturated carbocycles. The summed E-state index contributed by atoms with van der Waals surface area (Å²) >= 11 is 0. The normalized spacial score (nSPS) is 14.5. The van der Waals surface area contributed by atoms with Crippen LogP contribution in [0.4, 0.5) is 0 Å². The lowest BCUT2D eigenvalue weighted by Gasteiger charge is -2.24. The van der Waals surface area contributed by atoms with Gasteiger partial charge in [-0.05, 0) is 18.3 Å². The van der Waals surface area contributed by atoms with E-state index in [-0.39, 0.29) is 18.1 Å². The summed E-state index contributed by atoms with van der Waals surface area (Å²) in [6, 6.07) is 0. The van der Waals surface area contributed by atoms with Gasteiger partial charge in [-0.3, -0.25) is 0 Å². The lowest BCUT2D eigenvalue weighted by molar-refractivity contribution is 0.0744. The molecule has 0 amide bonds. The maximum Gasteiger partial charge on any atom is 0.0580 e. The van der Waals surface area contributed by atoms with E-state index in [0.29, 0.717) is 12.8 Å². The van der Waals surface area contributed by atoms with Crippen LogP contribution in [0.25, 0.3) is 0 Å². The van der Waals surface area contributed by atoms with Gasteiger partial charge in [0.2, 0.25) is 0 Å². The fraction of sp³-hybridized carbons (Fsp3) is 0.778. The van der Waals surface area contributed by atoms with Gasteiger partial charge >= 0.3 is 0 Å². The summed E-state index contributed by atoms with van der Waals surface area (Å²) in [5.41, 5.74) is -0.178. The van der Waals surface area contributed by atoms with E-state index in [9.17, 15) is 5.11 Å². The lowest BCUT2D eigenvalue weighted by atomic mass is 9.87. The van der Waals surface area contributed by atoms with Gasteiger partial charge in [-0.25, -0.2) is 0 Å². The Morgan fingerprint density at radius 3 is 2.45 bits per heavy atom. The molecular formula is C9H18O2. The molecule has 0 aromatic rings. The average molecular weight is 158 g/mol. The summed E-state index contributed by atoms with van der Waals surface area (Å²) in [7, 11) is 0. The van der Waals surface area contributed by atoms with Crippen molar-refractivity contribution in [1.29, 1.82) is 0 Å².